The van der Waals surface area contributed by atoms with Crippen LogP contribution >= 0.6 is 0 Å². The molecule has 3 rings (SSSR count). The molecule has 1 amide bonds. The van der Waals surface area contributed by atoms with Crippen LogP contribution in [0.4, 0.5) is 5.82 Å². The van der Waals surface area contributed by atoms with Gasteiger partial charge in [-0.25, -0.2) is 9.97 Å². The highest BCUT2D eigenvalue weighted by molar-refractivity contribution is 5.99. The van der Waals surface area contributed by atoms with Crippen molar-refractivity contribution >= 4 is 40.7 Å². The summed E-state index contributed by atoms with van der Waals surface area (Å²) in [5, 5.41) is 18.4. The fourth-order valence-electron chi connectivity index (χ4n) is 3.33. The smallest absolute Gasteiger partial charge is 0.303 e. The van der Waals surface area contributed by atoms with Crippen molar-refractivity contribution in [3.8, 4) is 6.07 Å². The van der Waals surface area contributed by atoms with Gasteiger partial charge in [0.25, 0.3) is 0 Å². The van der Waals surface area contributed by atoms with Crippen LogP contribution in [0.15, 0.2) is 0 Å². The monoisotopic (exact) mass is 460 g/mol. The molecule has 2 aromatic heterocycles. The lowest BCUT2D eigenvalue weighted by molar-refractivity contribution is -0.165. The highest BCUT2D eigenvalue weighted by Gasteiger charge is 2.51. The van der Waals surface area contributed by atoms with Gasteiger partial charge in [0.2, 0.25) is 5.91 Å². The Morgan fingerprint density at radius 3 is 2.30 bits per heavy atom. The third-order valence-electron chi connectivity index (χ3n) is 4.46. The number of anilines is 1. The van der Waals surface area contributed by atoms with Crippen molar-refractivity contribution in [1.82, 2.24) is 20.2 Å². The molecule has 1 aliphatic heterocycles. The third kappa shape index (κ3) is 5.21. The number of amides is 1. The summed E-state index contributed by atoms with van der Waals surface area (Å²) in [5.74, 6) is -2.55. The number of ether oxygens (including phenoxy) is 4. The summed E-state index contributed by atoms with van der Waals surface area (Å²) in [6.45, 7) is 4.45. The molecule has 33 heavy (non-hydrogen) atoms. The molecule has 0 unspecified atom stereocenters. The van der Waals surface area contributed by atoms with Crippen LogP contribution in [-0.4, -0.2) is 68.9 Å². The van der Waals surface area contributed by atoms with E-state index in [0.717, 1.165) is 13.8 Å². The summed E-state index contributed by atoms with van der Waals surface area (Å²) >= 11 is 0. The first kappa shape index (κ1) is 23.5. The minimum atomic E-state index is -1.20. The molecule has 4 atom stereocenters. The zero-order valence-electron chi connectivity index (χ0n) is 18.1. The van der Waals surface area contributed by atoms with Gasteiger partial charge in [0.15, 0.2) is 29.8 Å². The maximum absolute atomic E-state index is 11.8. The van der Waals surface area contributed by atoms with E-state index < -0.39 is 48.2 Å². The number of esters is 3. The second-order valence-corrected chi connectivity index (χ2v) is 7.07. The van der Waals surface area contributed by atoms with Gasteiger partial charge in [-0.2, -0.15) is 10.4 Å². The summed E-state index contributed by atoms with van der Waals surface area (Å²) in [4.78, 5) is 55.0. The Kier molecular flexibility index (Phi) is 6.83. The Bertz CT molecular complexity index is 1160. The average Bonchev–Trinajstić information content (AvgIpc) is 3.27. The number of fused-ring (bicyclic) bond motifs is 1. The summed E-state index contributed by atoms with van der Waals surface area (Å²) < 4.78 is 21.5. The van der Waals surface area contributed by atoms with Crippen LogP contribution in [0.5, 0.6) is 0 Å². The Balaban J connectivity index is 2.10. The number of carbonyl (C=O) groups excluding carboxylic acids is 4. The molecule has 174 valence electrons. The largest absolute Gasteiger partial charge is 0.463 e. The number of aromatic amines is 1. The molecule has 14 nitrogen and oxygen atoms in total. The van der Waals surface area contributed by atoms with Gasteiger partial charge < -0.3 is 24.3 Å². The van der Waals surface area contributed by atoms with Crippen LogP contribution < -0.4 is 5.32 Å². The van der Waals surface area contributed by atoms with E-state index in [2.05, 4.69) is 25.5 Å². The Labute approximate surface area is 186 Å². The molecule has 3 heterocycles. The van der Waals surface area contributed by atoms with Crippen LogP contribution in [0.25, 0.3) is 11.0 Å². The molecular weight excluding hydrogens is 440 g/mol. The van der Waals surface area contributed by atoms with Crippen molar-refractivity contribution in [2.75, 3.05) is 11.9 Å². The summed E-state index contributed by atoms with van der Waals surface area (Å²) in [6.07, 6.45) is -4.54. The molecule has 0 aromatic carbocycles. The maximum Gasteiger partial charge on any atom is 0.303 e. The molecule has 0 aliphatic carbocycles. The van der Waals surface area contributed by atoms with Gasteiger partial charge in [0.1, 0.15) is 30.3 Å². The lowest BCUT2D eigenvalue weighted by atomic mass is 10.1. The predicted octanol–water partition coefficient (Wildman–Crippen LogP) is 0.0494. The van der Waals surface area contributed by atoms with E-state index in [9.17, 15) is 24.4 Å². The van der Waals surface area contributed by atoms with E-state index in [1.54, 1.807) is 0 Å². The van der Waals surface area contributed by atoms with E-state index in [-0.39, 0.29) is 35.0 Å². The highest BCUT2D eigenvalue weighted by Crippen LogP contribution is 2.38. The molecule has 0 radical (unpaired) electrons. The van der Waals surface area contributed by atoms with Gasteiger partial charge in [-0.15, -0.1) is 0 Å². The zero-order chi connectivity index (χ0) is 24.3. The van der Waals surface area contributed by atoms with E-state index in [1.807, 2.05) is 6.07 Å². The standard InChI is InChI=1S/C19H20N6O8/c1-7(26)21-17-13-11(5-20)24-25-18(13)23-19(22-17)16-15(32-10(4)29)14(31-9(3)28)12(33-16)6-30-8(2)27/h12,14-16H,6H2,1-4H3,(H2,21,22,23,24,25,26)/t12-,14-,15-,16-/m1/s1. The Morgan fingerprint density at radius 2 is 1.73 bits per heavy atom. The van der Waals surface area contributed by atoms with Crippen molar-refractivity contribution < 1.29 is 38.1 Å². The number of hydrogen-bond donors (Lipinski definition) is 2. The molecule has 1 saturated heterocycles. The average molecular weight is 460 g/mol. The SMILES string of the molecule is CC(=O)Nc1nc([C@@H]2O[C@H](COC(C)=O)[C@@H](OC(C)=O)[C@H]2OC(C)=O)nc2n[nH]c(C#N)c12. The Morgan fingerprint density at radius 1 is 1.06 bits per heavy atom. The summed E-state index contributed by atoms with van der Waals surface area (Å²) in [5.41, 5.74) is 0.0626. The van der Waals surface area contributed by atoms with Gasteiger partial charge >= 0.3 is 17.9 Å². The quantitative estimate of drug-likeness (QED) is 0.435. The van der Waals surface area contributed by atoms with Crippen molar-refractivity contribution in [3.05, 3.63) is 11.5 Å². The minimum absolute atomic E-state index is 0.0227. The first-order chi connectivity index (χ1) is 15.6. The summed E-state index contributed by atoms with van der Waals surface area (Å²) in [6, 6.07) is 1.89. The topological polar surface area (TPSA) is 195 Å². The normalized spacial score (nSPS) is 21.8. The van der Waals surface area contributed by atoms with Crippen molar-refractivity contribution in [2.45, 2.75) is 52.1 Å². The molecular formula is C19H20N6O8. The van der Waals surface area contributed by atoms with E-state index in [0.29, 0.717) is 0 Å². The number of carbonyl (C=O) groups is 4. The fourth-order valence-corrected chi connectivity index (χ4v) is 3.33. The van der Waals surface area contributed by atoms with Crippen molar-refractivity contribution in [1.29, 1.82) is 5.26 Å². The van der Waals surface area contributed by atoms with Crippen LogP contribution in [0, 0.1) is 11.3 Å². The minimum Gasteiger partial charge on any atom is -0.463 e. The molecule has 14 heteroatoms. The van der Waals surface area contributed by atoms with E-state index >= 15 is 0 Å². The number of aromatic nitrogens is 4. The van der Waals surface area contributed by atoms with Gasteiger partial charge in [0.05, 0.1) is 5.39 Å². The third-order valence-corrected chi connectivity index (χ3v) is 4.46. The van der Waals surface area contributed by atoms with Crippen LogP contribution in [0.2, 0.25) is 0 Å². The summed E-state index contributed by atoms with van der Waals surface area (Å²) in [7, 11) is 0. The van der Waals surface area contributed by atoms with Crippen molar-refractivity contribution in [2.24, 2.45) is 0 Å². The molecule has 0 saturated carbocycles. The molecule has 2 N–H and O–H groups in total. The number of hydrogen-bond acceptors (Lipinski definition) is 12. The molecule has 1 fully saturated rings. The number of nitriles is 1. The van der Waals surface area contributed by atoms with E-state index in [1.165, 1.54) is 13.8 Å². The molecule has 0 spiro atoms. The number of nitrogens with zero attached hydrogens (tertiary/aromatic N) is 4. The number of rotatable bonds is 6. The van der Waals surface area contributed by atoms with Gasteiger partial charge in [-0.1, -0.05) is 0 Å². The van der Waals surface area contributed by atoms with Gasteiger partial charge in [0, 0.05) is 27.7 Å². The second kappa shape index (κ2) is 9.57. The lowest BCUT2D eigenvalue weighted by Crippen LogP contribution is -2.40. The van der Waals surface area contributed by atoms with Gasteiger partial charge in [-0.05, 0) is 0 Å². The van der Waals surface area contributed by atoms with Crippen LogP contribution in [0.1, 0.15) is 45.3 Å². The fraction of sp³-hybridized carbons (Fsp3) is 0.474. The number of H-pyrrole nitrogens is 1. The Hall–Kier alpha value is -4.12. The molecule has 0 bridgehead atoms. The zero-order valence-corrected chi connectivity index (χ0v) is 18.1. The lowest BCUT2D eigenvalue weighted by Gasteiger charge is -2.23. The first-order valence-electron chi connectivity index (χ1n) is 9.67. The first-order valence-corrected chi connectivity index (χ1v) is 9.67. The maximum atomic E-state index is 11.8. The van der Waals surface area contributed by atoms with E-state index in [4.69, 9.17) is 18.9 Å². The van der Waals surface area contributed by atoms with Gasteiger partial charge in [-0.3, -0.25) is 24.3 Å². The van der Waals surface area contributed by atoms with Crippen molar-refractivity contribution in [3.63, 3.8) is 0 Å². The predicted molar refractivity (Wildman–Crippen MR) is 106 cm³/mol. The molecule has 2 aromatic rings. The highest BCUT2D eigenvalue weighted by atomic mass is 16.6. The van der Waals surface area contributed by atoms with Crippen LogP contribution in [0.3, 0.4) is 0 Å². The second-order valence-electron chi connectivity index (χ2n) is 7.07. The molecule has 1 aliphatic rings. The number of nitrogens with one attached hydrogen (secondary N) is 2. The van der Waals surface area contributed by atoms with Crippen LogP contribution in [-0.2, 0) is 38.1 Å².